The Labute approximate surface area is 174 Å². The number of nitrogens with one attached hydrogen (secondary N) is 2. The second-order valence-electron chi connectivity index (χ2n) is 6.61. The summed E-state index contributed by atoms with van der Waals surface area (Å²) in [6, 6.07) is 18.5. The average molecular weight is 409 g/mol. The first-order chi connectivity index (χ1) is 14.0. The number of hydrogen-bond acceptors (Lipinski definition) is 4. The lowest BCUT2D eigenvalue weighted by molar-refractivity contribution is -0.115. The van der Waals surface area contributed by atoms with E-state index in [1.165, 1.54) is 0 Å². The van der Waals surface area contributed by atoms with Gasteiger partial charge in [0.1, 0.15) is 12.4 Å². The number of rotatable bonds is 8. The van der Waals surface area contributed by atoms with Gasteiger partial charge in [0, 0.05) is 22.5 Å². The molecule has 0 bridgehead atoms. The number of amides is 2. The van der Waals surface area contributed by atoms with Crippen molar-refractivity contribution >= 4 is 28.8 Å². The highest BCUT2D eigenvalue weighted by molar-refractivity contribution is 7.09. The molecule has 0 fully saturated rings. The van der Waals surface area contributed by atoms with Gasteiger partial charge in [0.25, 0.3) is 5.91 Å². The first-order valence-electron chi connectivity index (χ1n) is 9.51. The Morgan fingerprint density at radius 1 is 1.07 bits per heavy atom. The summed E-state index contributed by atoms with van der Waals surface area (Å²) in [4.78, 5) is 25.2. The maximum Gasteiger partial charge on any atom is 0.251 e. The van der Waals surface area contributed by atoms with E-state index < -0.39 is 0 Å². The molecule has 0 aliphatic heterocycles. The van der Waals surface area contributed by atoms with Crippen molar-refractivity contribution in [3.63, 3.8) is 0 Å². The zero-order valence-electron chi connectivity index (χ0n) is 16.5. The van der Waals surface area contributed by atoms with Crippen molar-refractivity contribution in [1.29, 1.82) is 0 Å². The van der Waals surface area contributed by atoms with Crippen LogP contribution in [-0.4, -0.2) is 11.8 Å². The summed E-state index contributed by atoms with van der Waals surface area (Å²) in [7, 11) is 0. The highest BCUT2D eigenvalue weighted by atomic mass is 32.1. The SMILES string of the molecule is CCC(=O)Nc1ccc(C(C)NC(=O)c2cccc(OCc3cccs3)c2)cc1. The van der Waals surface area contributed by atoms with Crippen molar-refractivity contribution in [3.05, 3.63) is 82.0 Å². The molecule has 29 heavy (non-hydrogen) atoms. The topological polar surface area (TPSA) is 67.4 Å². The van der Waals surface area contributed by atoms with Crippen molar-refractivity contribution in [2.45, 2.75) is 32.9 Å². The lowest BCUT2D eigenvalue weighted by atomic mass is 10.1. The second-order valence-corrected chi connectivity index (χ2v) is 7.65. The molecule has 150 valence electrons. The normalized spacial score (nSPS) is 11.5. The van der Waals surface area contributed by atoms with E-state index in [0.29, 0.717) is 24.3 Å². The van der Waals surface area contributed by atoms with Crippen molar-refractivity contribution in [2.24, 2.45) is 0 Å². The quantitative estimate of drug-likeness (QED) is 0.540. The zero-order valence-corrected chi connectivity index (χ0v) is 17.3. The fourth-order valence-electron chi connectivity index (χ4n) is 2.74. The summed E-state index contributed by atoms with van der Waals surface area (Å²) < 4.78 is 5.78. The van der Waals surface area contributed by atoms with Crippen LogP contribution >= 0.6 is 11.3 Å². The van der Waals surface area contributed by atoms with Gasteiger partial charge in [-0.3, -0.25) is 9.59 Å². The first kappa shape index (κ1) is 20.6. The highest BCUT2D eigenvalue weighted by Gasteiger charge is 2.12. The molecule has 6 heteroatoms. The van der Waals surface area contributed by atoms with Crippen LogP contribution in [0.15, 0.2) is 66.0 Å². The van der Waals surface area contributed by atoms with Crippen LogP contribution in [-0.2, 0) is 11.4 Å². The summed E-state index contributed by atoms with van der Waals surface area (Å²) >= 11 is 1.64. The summed E-state index contributed by atoms with van der Waals surface area (Å²) in [6.45, 7) is 4.22. The van der Waals surface area contributed by atoms with E-state index in [9.17, 15) is 9.59 Å². The van der Waals surface area contributed by atoms with E-state index in [1.54, 1.807) is 23.5 Å². The molecule has 5 nitrogen and oxygen atoms in total. The van der Waals surface area contributed by atoms with Gasteiger partial charge in [-0.2, -0.15) is 0 Å². The minimum atomic E-state index is -0.172. The number of anilines is 1. The lowest BCUT2D eigenvalue weighted by Crippen LogP contribution is -2.26. The Bertz CT molecular complexity index is 953. The van der Waals surface area contributed by atoms with Gasteiger partial charge in [-0.25, -0.2) is 0 Å². The maximum atomic E-state index is 12.6. The molecule has 0 spiro atoms. The third kappa shape index (κ3) is 5.93. The molecule has 2 amide bonds. The molecular formula is C23H24N2O3S. The van der Waals surface area contributed by atoms with Gasteiger partial charge in [0.05, 0.1) is 6.04 Å². The summed E-state index contributed by atoms with van der Waals surface area (Å²) in [5.41, 5.74) is 2.25. The van der Waals surface area contributed by atoms with E-state index in [0.717, 1.165) is 16.1 Å². The molecule has 1 unspecified atom stereocenters. The molecule has 2 N–H and O–H groups in total. The molecule has 0 radical (unpaired) electrons. The number of thiophene rings is 1. The van der Waals surface area contributed by atoms with Crippen LogP contribution in [0.3, 0.4) is 0 Å². The fourth-order valence-corrected chi connectivity index (χ4v) is 3.36. The highest BCUT2D eigenvalue weighted by Crippen LogP contribution is 2.20. The van der Waals surface area contributed by atoms with E-state index >= 15 is 0 Å². The van der Waals surface area contributed by atoms with Gasteiger partial charge < -0.3 is 15.4 Å². The molecular weight excluding hydrogens is 384 g/mol. The Hall–Kier alpha value is -3.12. The van der Waals surface area contributed by atoms with Gasteiger partial charge in [0.2, 0.25) is 5.91 Å². The van der Waals surface area contributed by atoms with E-state index in [1.807, 2.05) is 67.8 Å². The fraction of sp³-hybridized carbons (Fsp3) is 0.217. The molecule has 0 saturated carbocycles. The predicted molar refractivity (Wildman–Crippen MR) is 116 cm³/mol. The minimum absolute atomic E-state index is 0.0275. The summed E-state index contributed by atoms with van der Waals surface area (Å²) in [5.74, 6) is 0.470. The number of carbonyl (C=O) groups is 2. The largest absolute Gasteiger partial charge is 0.488 e. The van der Waals surface area contributed by atoms with Crippen molar-refractivity contribution in [2.75, 3.05) is 5.32 Å². The monoisotopic (exact) mass is 408 g/mol. The maximum absolute atomic E-state index is 12.6. The number of benzene rings is 2. The van der Waals surface area contributed by atoms with Gasteiger partial charge in [-0.1, -0.05) is 31.2 Å². The number of carbonyl (C=O) groups excluding carboxylic acids is 2. The lowest BCUT2D eigenvalue weighted by Gasteiger charge is -2.15. The third-order valence-corrected chi connectivity index (χ3v) is 5.27. The van der Waals surface area contributed by atoms with Crippen LogP contribution < -0.4 is 15.4 Å². The van der Waals surface area contributed by atoms with Crippen LogP contribution in [0.5, 0.6) is 5.75 Å². The molecule has 2 aromatic carbocycles. The minimum Gasteiger partial charge on any atom is -0.488 e. The standard InChI is InChI=1S/C23H24N2O3S/c1-3-22(26)25-19-11-9-17(10-12-19)16(2)24-23(27)18-6-4-7-20(14-18)28-15-21-8-5-13-29-21/h4-14,16H,3,15H2,1-2H3,(H,24,27)(H,25,26). The molecule has 1 atom stereocenters. The molecule has 0 aliphatic carbocycles. The van der Waals surface area contributed by atoms with Gasteiger partial charge >= 0.3 is 0 Å². The predicted octanol–water partition coefficient (Wildman–Crippen LogP) is 5.17. The van der Waals surface area contributed by atoms with Gasteiger partial charge in [0.15, 0.2) is 0 Å². The molecule has 0 saturated heterocycles. The second kappa shape index (κ2) is 9.89. The molecule has 1 heterocycles. The molecule has 1 aromatic heterocycles. The zero-order chi connectivity index (χ0) is 20.6. The van der Waals surface area contributed by atoms with Crippen molar-refractivity contribution < 1.29 is 14.3 Å². The Morgan fingerprint density at radius 2 is 1.86 bits per heavy atom. The first-order valence-corrected chi connectivity index (χ1v) is 10.4. The Balaban J connectivity index is 1.59. The van der Waals surface area contributed by atoms with E-state index in [-0.39, 0.29) is 17.9 Å². The average Bonchev–Trinajstić information content (AvgIpc) is 3.26. The van der Waals surface area contributed by atoms with Crippen LogP contribution in [0, 0.1) is 0 Å². The van der Waals surface area contributed by atoms with E-state index in [4.69, 9.17) is 4.74 Å². The molecule has 3 rings (SSSR count). The smallest absolute Gasteiger partial charge is 0.251 e. The molecule has 3 aromatic rings. The van der Waals surface area contributed by atoms with Crippen LogP contribution in [0.1, 0.15) is 47.1 Å². The van der Waals surface area contributed by atoms with Crippen molar-refractivity contribution in [1.82, 2.24) is 5.32 Å². The summed E-state index contributed by atoms with van der Waals surface area (Å²) in [6.07, 6.45) is 0.435. The van der Waals surface area contributed by atoms with Crippen LogP contribution in [0.4, 0.5) is 5.69 Å². The third-order valence-electron chi connectivity index (χ3n) is 4.42. The Morgan fingerprint density at radius 3 is 2.55 bits per heavy atom. The van der Waals surface area contributed by atoms with E-state index in [2.05, 4.69) is 10.6 Å². The summed E-state index contributed by atoms with van der Waals surface area (Å²) in [5, 5.41) is 7.82. The Kier molecular flexibility index (Phi) is 7.03. The van der Waals surface area contributed by atoms with Crippen LogP contribution in [0.25, 0.3) is 0 Å². The molecule has 0 aliphatic rings. The van der Waals surface area contributed by atoms with Gasteiger partial charge in [-0.15, -0.1) is 11.3 Å². The number of hydrogen-bond donors (Lipinski definition) is 2. The van der Waals surface area contributed by atoms with Crippen molar-refractivity contribution in [3.8, 4) is 5.75 Å². The van der Waals surface area contributed by atoms with Gasteiger partial charge in [-0.05, 0) is 54.3 Å². The van der Waals surface area contributed by atoms with Crippen LogP contribution in [0.2, 0.25) is 0 Å². The number of ether oxygens (including phenoxy) is 1.